The van der Waals surface area contributed by atoms with E-state index in [0.717, 1.165) is 0 Å². The molecule has 0 heterocycles. The highest BCUT2D eigenvalue weighted by Gasteiger charge is 2.21. The lowest BCUT2D eigenvalue weighted by atomic mass is 10.1. The number of rotatable bonds is 4. The number of phenolic OH excluding ortho intramolecular Hbond substituents is 3. The smallest absolute Gasteiger partial charge is 0.155 e. The Morgan fingerprint density at radius 2 is 1.47 bits per heavy atom. The van der Waals surface area contributed by atoms with Crippen molar-refractivity contribution in [2.24, 2.45) is 10.2 Å². The summed E-state index contributed by atoms with van der Waals surface area (Å²) in [7, 11) is -10.3. The lowest BCUT2D eigenvalue weighted by molar-refractivity contribution is 0.451. The minimum absolute atomic E-state index is 0.0845. The first-order valence-corrected chi connectivity index (χ1v) is 10.8. The predicted molar refractivity (Wildman–Crippen MR) is 100 cm³/mol. The highest BCUT2D eigenvalue weighted by molar-refractivity contribution is 7.86. The highest BCUT2D eigenvalue weighted by Crippen LogP contribution is 2.46. The lowest BCUT2D eigenvalue weighted by Gasteiger charge is -2.16. The van der Waals surface area contributed by atoms with Gasteiger partial charge in [0.05, 0.1) is 20.2 Å². The van der Waals surface area contributed by atoms with Crippen LogP contribution in [0, 0.1) is 0 Å². The number of azo groups is 1. The lowest BCUT2D eigenvalue weighted by Crippen LogP contribution is -2.01. The Bertz CT molecular complexity index is 1410. The first-order chi connectivity index (χ1) is 13.8. The van der Waals surface area contributed by atoms with Gasteiger partial charge in [-0.25, -0.2) is 16.8 Å². The second-order valence-corrected chi connectivity index (χ2v) is 8.96. The van der Waals surface area contributed by atoms with Gasteiger partial charge in [-0.2, -0.15) is 0 Å². The molecule has 0 radical (unpaired) electrons. The second-order valence-electron chi connectivity index (χ2n) is 5.83. The Balaban J connectivity index is 2.37. The molecule has 0 amide bonds. The van der Waals surface area contributed by atoms with Crippen molar-refractivity contribution in [1.29, 1.82) is 0 Å². The number of fused-ring (bicyclic) bond motifs is 1. The van der Waals surface area contributed by atoms with Crippen LogP contribution in [0.2, 0.25) is 5.02 Å². The van der Waals surface area contributed by atoms with Crippen LogP contribution in [0.1, 0.15) is 0 Å². The maximum atomic E-state index is 11.7. The third-order valence-corrected chi connectivity index (χ3v) is 5.84. The summed E-state index contributed by atoms with van der Waals surface area (Å²) in [6, 6.07) is 5.74. The average molecular weight is 473 g/mol. The summed E-state index contributed by atoms with van der Waals surface area (Å²) in [6.45, 7) is 0. The van der Waals surface area contributed by atoms with Gasteiger partial charge in [-0.05, 0) is 35.7 Å². The van der Waals surface area contributed by atoms with Gasteiger partial charge in [-0.15, -0.1) is 10.2 Å². The molecule has 0 unspecified atom stereocenters. The van der Waals surface area contributed by atoms with E-state index in [1.165, 1.54) is 18.2 Å². The molecule has 3 aromatic carbocycles. The van der Waals surface area contributed by atoms with E-state index in [4.69, 9.17) is 11.6 Å². The van der Waals surface area contributed by atoms with Crippen LogP contribution in [0.3, 0.4) is 0 Å². The molecule has 0 saturated heterocycles. The van der Waals surface area contributed by atoms with Gasteiger partial charge in [0, 0.05) is 0 Å². The Morgan fingerprint density at radius 1 is 0.833 bits per heavy atom. The summed E-state index contributed by atoms with van der Waals surface area (Å²) in [5.74, 6) is -2.37. The fourth-order valence-corrected chi connectivity index (χ4v) is 3.95. The van der Waals surface area contributed by atoms with Crippen molar-refractivity contribution in [3.05, 3.63) is 41.4 Å². The maximum absolute atomic E-state index is 11.7. The van der Waals surface area contributed by atoms with Gasteiger partial charge in [0.15, 0.2) is 5.75 Å². The molecule has 0 aromatic heterocycles. The Hall–Kier alpha value is -2.97. The Kier molecular flexibility index (Phi) is 5.34. The third-order valence-electron chi connectivity index (χ3n) is 3.88. The molecule has 0 bridgehead atoms. The van der Waals surface area contributed by atoms with Gasteiger partial charge >= 0.3 is 0 Å². The van der Waals surface area contributed by atoms with Crippen LogP contribution in [-0.4, -0.2) is 41.3 Å². The van der Waals surface area contributed by atoms with Crippen LogP contribution in [0.15, 0.2) is 56.4 Å². The number of phenols is 3. The summed E-state index contributed by atoms with van der Waals surface area (Å²) >= 11 is 5.86. The fraction of sp³-hybridized carbons (Fsp3) is 0. The van der Waals surface area contributed by atoms with Crippen LogP contribution < -0.4 is 0 Å². The van der Waals surface area contributed by atoms with Crippen molar-refractivity contribution in [2.75, 3.05) is 0 Å². The number of hydrogen-bond acceptors (Lipinski definition) is 11. The average Bonchev–Trinajstić information content (AvgIpc) is 2.60. The van der Waals surface area contributed by atoms with Crippen molar-refractivity contribution < 1.29 is 41.3 Å². The standard InChI is InChI=1S/C16H11ClN2O9S2/c17-9-2-1-3-10(20)14(9)18-19-15-12(30(26,27)28)5-7-4-8(29(23,24)25)6-11(21)13(7)16(15)22/h1-6,20-22H,(H,23,24,25)(H,26,27,28)/p-2. The molecule has 30 heavy (non-hydrogen) atoms. The number of aromatic hydroxyl groups is 3. The van der Waals surface area contributed by atoms with Gasteiger partial charge in [0.1, 0.15) is 43.1 Å². The van der Waals surface area contributed by atoms with Crippen LogP contribution in [0.25, 0.3) is 10.8 Å². The first-order valence-electron chi connectivity index (χ1n) is 7.64. The molecular formula is C16H9ClN2O9S2-2. The maximum Gasteiger partial charge on any atom is 0.155 e. The highest BCUT2D eigenvalue weighted by atomic mass is 35.5. The summed E-state index contributed by atoms with van der Waals surface area (Å²) < 4.78 is 68.6. The fourth-order valence-electron chi connectivity index (χ4n) is 2.57. The number of nitrogens with zero attached hydrogens (tertiary/aromatic N) is 2. The van der Waals surface area contributed by atoms with Crippen LogP contribution in [-0.2, 0) is 20.2 Å². The first kappa shape index (κ1) is 21.7. The largest absolute Gasteiger partial charge is 0.744 e. The number of halogens is 1. The molecule has 0 aliphatic rings. The van der Waals surface area contributed by atoms with E-state index in [9.17, 15) is 41.3 Å². The van der Waals surface area contributed by atoms with Crippen molar-refractivity contribution >= 4 is 54.0 Å². The molecule has 11 nitrogen and oxygen atoms in total. The quantitative estimate of drug-likeness (QED) is 0.377. The van der Waals surface area contributed by atoms with E-state index >= 15 is 0 Å². The summed E-state index contributed by atoms with van der Waals surface area (Å²) in [4.78, 5) is -2.04. The SMILES string of the molecule is O=S(=O)([O-])c1cc(O)c2c(O)c(N=Nc3c(O)cccc3Cl)c(S(=O)(=O)[O-])cc2c1. The minimum Gasteiger partial charge on any atom is -0.744 e. The Labute approximate surface area is 174 Å². The molecule has 0 aliphatic heterocycles. The van der Waals surface area contributed by atoms with Gasteiger partial charge in [0.2, 0.25) is 0 Å². The van der Waals surface area contributed by atoms with E-state index < -0.39 is 63.7 Å². The van der Waals surface area contributed by atoms with E-state index in [1.807, 2.05) is 0 Å². The zero-order valence-electron chi connectivity index (χ0n) is 14.3. The molecule has 0 saturated carbocycles. The molecule has 3 aromatic rings. The second kappa shape index (κ2) is 7.37. The van der Waals surface area contributed by atoms with Gasteiger partial charge in [0.25, 0.3) is 0 Å². The topological polar surface area (TPSA) is 200 Å². The summed E-state index contributed by atoms with van der Waals surface area (Å²) in [5, 5.41) is 36.3. The van der Waals surface area contributed by atoms with E-state index in [1.54, 1.807) is 0 Å². The molecule has 0 aliphatic carbocycles. The van der Waals surface area contributed by atoms with Crippen molar-refractivity contribution in [1.82, 2.24) is 0 Å². The molecular weight excluding hydrogens is 464 g/mol. The van der Waals surface area contributed by atoms with Crippen LogP contribution >= 0.6 is 11.6 Å². The monoisotopic (exact) mass is 472 g/mol. The third kappa shape index (κ3) is 4.01. The summed E-state index contributed by atoms with van der Waals surface area (Å²) in [6.07, 6.45) is 0. The van der Waals surface area contributed by atoms with Crippen molar-refractivity contribution in [2.45, 2.75) is 9.79 Å². The van der Waals surface area contributed by atoms with E-state index in [0.29, 0.717) is 18.2 Å². The van der Waals surface area contributed by atoms with Crippen molar-refractivity contribution in [3.8, 4) is 17.2 Å². The minimum atomic E-state index is -5.30. The Morgan fingerprint density at radius 3 is 2.03 bits per heavy atom. The predicted octanol–water partition coefficient (Wildman–Crippen LogP) is 2.83. The molecule has 0 atom stereocenters. The molecule has 3 rings (SSSR count). The number of benzene rings is 3. The molecule has 158 valence electrons. The van der Waals surface area contributed by atoms with Crippen LogP contribution in [0.4, 0.5) is 11.4 Å². The van der Waals surface area contributed by atoms with Gasteiger partial charge < -0.3 is 24.4 Å². The molecule has 3 N–H and O–H groups in total. The molecule has 0 spiro atoms. The zero-order valence-corrected chi connectivity index (χ0v) is 16.7. The van der Waals surface area contributed by atoms with Gasteiger partial charge in [-0.3, -0.25) is 0 Å². The normalized spacial score (nSPS) is 12.6. The van der Waals surface area contributed by atoms with E-state index in [-0.39, 0.29) is 10.7 Å². The molecule has 0 fully saturated rings. The van der Waals surface area contributed by atoms with Crippen LogP contribution in [0.5, 0.6) is 17.2 Å². The number of hydrogen-bond donors (Lipinski definition) is 3. The van der Waals surface area contributed by atoms with Gasteiger partial charge in [-0.1, -0.05) is 17.7 Å². The summed E-state index contributed by atoms with van der Waals surface area (Å²) in [5.41, 5.74) is -1.20. The molecule has 14 heteroatoms. The van der Waals surface area contributed by atoms with E-state index in [2.05, 4.69) is 10.2 Å². The zero-order chi connectivity index (χ0) is 22.4. The van der Waals surface area contributed by atoms with Crippen molar-refractivity contribution in [3.63, 3.8) is 0 Å².